The molecule has 0 aromatic heterocycles. The van der Waals surface area contributed by atoms with Crippen LogP contribution in [0.1, 0.15) is 64.0 Å². The highest BCUT2D eigenvalue weighted by Gasteiger charge is 2.11. The third kappa shape index (κ3) is 5.96. The monoisotopic (exact) mass is 282 g/mol. The average Bonchev–Trinajstić information content (AvgIpc) is 2.44. The van der Waals surface area contributed by atoms with Crippen LogP contribution in [0.15, 0.2) is 24.3 Å². The molecule has 114 valence electrons. The molecule has 0 spiro atoms. The van der Waals surface area contributed by atoms with E-state index in [4.69, 9.17) is 0 Å². The summed E-state index contributed by atoms with van der Waals surface area (Å²) < 4.78 is 0. The molecule has 1 aliphatic rings. The highest BCUT2D eigenvalue weighted by atomic mass is 14.2. The van der Waals surface area contributed by atoms with Gasteiger partial charge in [0.15, 0.2) is 0 Å². The lowest BCUT2D eigenvalue weighted by Gasteiger charge is -2.17. The number of rotatable bonds is 5. The Hall–Kier alpha value is -1.22. The van der Waals surface area contributed by atoms with E-state index in [1.54, 1.807) is 0 Å². The maximum Gasteiger partial charge on any atom is 0.0174 e. The normalized spacial score (nSPS) is 22.3. The van der Waals surface area contributed by atoms with Crippen LogP contribution < -0.4 is 0 Å². The number of benzene rings is 1. The SMILES string of the molecule is CC(C)CCc1ccc(CC2CC#CC(C)CCC2)cc1. The first-order valence-corrected chi connectivity index (χ1v) is 8.69. The maximum absolute atomic E-state index is 3.40. The van der Waals surface area contributed by atoms with Gasteiger partial charge in [-0.15, -0.1) is 11.8 Å². The summed E-state index contributed by atoms with van der Waals surface area (Å²) in [6, 6.07) is 9.33. The second kappa shape index (κ2) is 8.28. The second-order valence-corrected chi connectivity index (χ2v) is 7.18. The van der Waals surface area contributed by atoms with E-state index >= 15 is 0 Å². The first kappa shape index (κ1) is 16.2. The lowest BCUT2D eigenvalue weighted by atomic mass is 9.88. The predicted octanol–water partition coefficient (Wildman–Crippen LogP) is 5.65. The molecule has 0 fully saturated rings. The molecule has 0 saturated carbocycles. The Bertz CT molecular complexity index is 469. The summed E-state index contributed by atoms with van der Waals surface area (Å²) >= 11 is 0. The molecule has 0 saturated heterocycles. The van der Waals surface area contributed by atoms with Gasteiger partial charge in [-0.05, 0) is 55.1 Å². The van der Waals surface area contributed by atoms with Crippen molar-refractivity contribution in [3.8, 4) is 11.8 Å². The Labute approximate surface area is 131 Å². The van der Waals surface area contributed by atoms with Crippen LogP contribution in [0.2, 0.25) is 0 Å². The molecule has 0 heterocycles. The Morgan fingerprint density at radius 3 is 2.52 bits per heavy atom. The fraction of sp³-hybridized carbons (Fsp3) is 0.619. The minimum absolute atomic E-state index is 0.603. The largest absolute Gasteiger partial charge is 0.103 e. The highest BCUT2D eigenvalue weighted by Crippen LogP contribution is 2.22. The predicted molar refractivity (Wildman–Crippen MR) is 92.2 cm³/mol. The van der Waals surface area contributed by atoms with Crippen LogP contribution in [0.5, 0.6) is 0 Å². The van der Waals surface area contributed by atoms with Gasteiger partial charge in [0.05, 0.1) is 0 Å². The Morgan fingerprint density at radius 1 is 1.10 bits per heavy atom. The van der Waals surface area contributed by atoms with Crippen molar-refractivity contribution in [1.29, 1.82) is 0 Å². The van der Waals surface area contributed by atoms with E-state index in [0.717, 1.165) is 18.3 Å². The van der Waals surface area contributed by atoms with Gasteiger partial charge in [0.25, 0.3) is 0 Å². The lowest BCUT2D eigenvalue weighted by Crippen LogP contribution is -2.07. The summed E-state index contributed by atoms with van der Waals surface area (Å²) in [5.74, 6) is 8.94. The molecule has 1 aromatic carbocycles. The molecular weight excluding hydrogens is 252 g/mol. The van der Waals surface area contributed by atoms with Crippen LogP contribution in [0.3, 0.4) is 0 Å². The topological polar surface area (TPSA) is 0 Å². The fourth-order valence-electron chi connectivity index (χ4n) is 3.07. The zero-order chi connectivity index (χ0) is 15.1. The van der Waals surface area contributed by atoms with Crippen LogP contribution in [-0.2, 0) is 12.8 Å². The Kier molecular flexibility index (Phi) is 6.37. The van der Waals surface area contributed by atoms with Crippen LogP contribution in [0, 0.1) is 29.6 Å². The highest BCUT2D eigenvalue weighted by molar-refractivity contribution is 5.23. The summed E-state index contributed by atoms with van der Waals surface area (Å²) in [4.78, 5) is 0. The third-order valence-electron chi connectivity index (χ3n) is 4.55. The van der Waals surface area contributed by atoms with Gasteiger partial charge < -0.3 is 0 Å². The van der Waals surface area contributed by atoms with E-state index < -0.39 is 0 Å². The van der Waals surface area contributed by atoms with Gasteiger partial charge in [0.1, 0.15) is 0 Å². The maximum atomic E-state index is 3.40. The summed E-state index contributed by atoms with van der Waals surface area (Å²) in [7, 11) is 0. The smallest absolute Gasteiger partial charge is 0.0174 e. The van der Waals surface area contributed by atoms with Crippen molar-refractivity contribution >= 4 is 0 Å². The molecular formula is C21H30. The van der Waals surface area contributed by atoms with E-state index in [2.05, 4.69) is 56.9 Å². The molecule has 2 atom stereocenters. The molecule has 0 nitrogen and oxygen atoms in total. The molecule has 0 radical (unpaired) electrons. The van der Waals surface area contributed by atoms with Gasteiger partial charge in [-0.2, -0.15) is 0 Å². The van der Waals surface area contributed by atoms with Crippen molar-refractivity contribution in [1.82, 2.24) is 0 Å². The van der Waals surface area contributed by atoms with Gasteiger partial charge in [-0.25, -0.2) is 0 Å². The molecule has 0 aliphatic heterocycles. The second-order valence-electron chi connectivity index (χ2n) is 7.18. The van der Waals surface area contributed by atoms with Crippen LogP contribution in [0.25, 0.3) is 0 Å². The van der Waals surface area contributed by atoms with Crippen LogP contribution in [-0.4, -0.2) is 0 Å². The molecule has 0 N–H and O–H groups in total. The van der Waals surface area contributed by atoms with Gasteiger partial charge in [0.2, 0.25) is 0 Å². The quantitative estimate of drug-likeness (QED) is 0.612. The Morgan fingerprint density at radius 2 is 1.81 bits per heavy atom. The van der Waals surface area contributed by atoms with E-state index in [1.165, 1.54) is 49.7 Å². The standard InChI is InChI=1S/C21H30/c1-17(2)10-11-19-12-14-21(15-13-19)16-20-8-4-6-18(3)7-5-9-20/h12-15,17-18,20H,4,6,8-11,16H2,1-3H3. The number of hydrogen-bond acceptors (Lipinski definition) is 0. The third-order valence-corrected chi connectivity index (χ3v) is 4.55. The molecule has 1 aliphatic carbocycles. The van der Waals surface area contributed by atoms with Gasteiger partial charge in [-0.3, -0.25) is 0 Å². The van der Waals surface area contributed by atoms with Crippen LogP contribution in [0.4, 0.5) is 0 Å². The van der Waals surface area contributed by atoms with Gasteiger partial charge in [-0.1, -0.05) is 51.5 Å². The molecule has 0 heteroatoms. The molecule has 0 amide bonds. The van der Waals surface area contributed by atoms with Crippen molar-refractivity contribution in [2.45, 2.75) is 65.7 Å². The van der Waals surface area contributed by atoms with E-state index in [1.807, 2.05) is 0 Å². The molecule has 1 aromatic rings. The average molecular weight is 282 g/mol. The Balaban J connectivity index is 1.87. The summed E-state index contributed by atoms with van der Waals surface area (Å²) in [6.45, 7) is 6.85. The first-order valence-electron chi connectivity index (χ1n) is 8.69. The van der Waals surface area contributed by atoms with Gasteiger partial charge >= 0.3 is 0 Å². The van der Waals surface area contributed by atoms with Crippen molar-refractivity contribution in [3.63, 3.8) is 0 Å². The number of aryl methyl sites for hydroxylation is 1. The van der Waals surface area contributed by atoms with E-state index in [-0.39, 0.29) is 0 Å². The molecule has 2 unspecified atom stereocenters. The van der Waals surface area contributed by atoms with E-state index in [9.17, 15) is 0 Å². The minimum Gasteiger partial charge on any atom is -0.103 e. The first-order chi connectivity index (χ1) is 10.1. The fourth-order valence-corrected chi connectivity index (χ4v) is 3.07. The summed E-state index contributed by atoms with van der Waals surface area (Å²) in [6.07, 6.45) is 8.74. The number of hydrogen-bond donors (Lipinski definition) is 0. The molecule has 2 rings (SSSR count). The van der Waals surface area contributed by atoms with Crippen LogP contribution >= 0.6 is 0 Å². The zero-order valence-corrected chi connectivity index (χ0v) is 14.0. The lowest BCUT2D eigenvalue weighted by molar-refractivity contribution is 0.443. The van der Waals surface area contributed by atoms with Crippen molar-refractivity contribution < 1.29 is 0 Å². The van der Waals surface area contributed by atoms with Crippen molar-refractivity contribution in [2.75, 3.05) is 0 Å². The zero-order valence-electron chi connectivity index (χ0n) is 14.0. The van der Waals surface area contributed by atoms with Crippen molar-refractivity contribution in [3.05, 3.63) is 35.4 Å². The van der Waals surface area contributed by atoms with E-state index in [0.29, 0.717) is 5.92 Å². The van der Waals surface area contributed by atoms with Crippen molar-refractivity contribution in [2.24, 2.45) is 17.8 Å². The molecule has 21 heavy (non-hydrogen) atoms. The summed E-state index contributed by atoms with van der Waals surface area (Å²) in [5, 5.41) is 0. The molecule has 0 bridgehead atoms. The van der Waals surface area contributed by atoms with Gasteiger partial charge in [0, 0.05) is 12.3 Å². The summed E-state index contributed by atoms with van der Waals surface area (Å²) in [5.41, 5.74) is 2.97. The minimum atomic E-state index is 0.603.